The summed E-state index contributed by atoms with van der Waals surface area (Å²) >= 11 is 0. The fourth-order valence-electron chi connectivity index (χ4n) is 14.0. The van der Waals surface area contributed by atoms with Crippen molar-refractivity contribution in [1.82, 2.24) is 0 Å². The molecule has 5 heteroatoms. The lowest BCUT2D eigenvalue weighted by Gasteiger charge is -2.46. The standard InChI is InChI=1S/C71H78BN3O/c1-44-31-32-67(5,6)55-43-62-52(42-51(44)55)64-65(76-62)72-58-30-25-45(66(2,3)4)37-59(58)74(48-26-28-53-56(38-48)70(11,12)35-33-68(53,7)8)60-40-50(73(46-21-17-15-18-22-46)47-23-19-16-20-24-47)41-61(63(60)72)75(64)49-27-29-54-57(39-49)71(13,14)36-34-69(54,9)10/h15-30,37-44H,31-36H2,1-14H3/i15D,16D,17D,18D,19D,20D,21D,22D,23D,24D. The summed E-state index contributed by atoms with van der Waals surface area (Å²) in [4.78, 5) is 5.97. The second kappa shape index (κ2) is 16.5. The molecular formula is C71H78BN3O. The van der Waals surface area contributed by atoms with Crippen LogP contribution in [0.5, 0.6) is 0 Å². The maximum atomic E-state index is 9.71. The average Bonchev–Trinajstić information content (AvgIpc) is 1.24. The highest BCUT2D eigenvalue weighted by Gasteiger charge is 2.49. The van der Waals surface area contributed by atoms with Gasteiger partial charge in [0.2, 0.25) is 0 Å². The SMILES string of the molecule is [2H]c1c([2H])c([2H])c(N(c2cc3c4c(c2)N(c2ccc5c(c2)C(C)(C)CCC5(C)C)c2c(oc5cc6c(cc25)C(C)CCC6(C)C)B4c2ccc(C(C)(C)C)cc2N3c2ccc3c(c2)C(C)(C)CCC3(C)C)c2c([2H])c([2H])c([2H])c([2H])c2[2H])c([2H])c1[2H]. The molecule has 0 saturated carbocycles. The Balaban J connectivity index is 1.25. The summed E-state index contributed by atoms with van der Waals surface area (Å²) in [7, 11) is 0. The van der Waals surface area contributed by atoms with Crippen LogP contribution in [0.4, 0.5) is 51.2 Å². The van der Waals surface area contributed by atoms with E-state index in [2.05, 4.69) is 173 Å². The van der Waals surface area contributed by atoms with Crippen molar-refractivity contribution in [2.75, 3.05) is 14.7 Å². The van der Waals surface area contributed by atoms with Gasteiger partial charge in [-0.1, -0.05) is 157 Å². The first-order valence-electron chi connectivity index (χ1n) is 32.9. The molecule has 8 aromatic rings. The van der Waals surface area contributed by atoms with Crippen LogP contribution in [0.25, 0.3) is 11.0 Å². The minimum atomic E-state index is -0.626. The first-order chi connectivity index (χ1) is 40.1. The molecule has 13 rings (SSSR count). The summed E-state index contributed by atoms with van der Waals surface area (Å²) < 4.78 is 101. The van der Waals surface area contributed by atoms with Gasteiger partial charge in [0.25, 0.3) is 6.71 Å². The van der Waals surface area contributed by atoms with E-state index in [0.29, 0.717) is 11.4 Å². The van der Waals surface area contributed by atoms with Crippen molar-refractivity contribution in [2.24, 2.45) is 0 Å². The van der Waals surface area contributed by atoms with Crippen LogP contribution in [0.1, 0.15) is 194 Å². The first kappa shape index (κ1) is 39.0. The number of furan rings is 1. The maximum absolute atomic E-state index is 9.71. The van der Waals surface area contributed by atoms with Gasteiger partial charge in [-0.3, -0.25) is 0 Å². The molecule has 0 amide bonds. The van der Waals surface area contributed by atoms with Gasteiger partial charge in [-0.2, -0.15) is 0 Å². The molecule has 4 nitrogen and oxygen atoms in total. The molecule has 2 aliphatic heterocycles. The monoisotopic (exact) mass is 1010 g/mol. The van der Waals surface area contributed by atoms with Crippen molar-refractivity contribution >= 4 is 85.5 Å². The van der Waals surface area contributed by atoms with E-state index in [1.807, 2.05) is 12.1 Å². The Kier molecular flexibility index (Phi) is 8.48. The van der Waals surface area contributed by atoms with Crippen LogP contribution in [0.15, 0.2) is 144 Å². The summed E-state index contributed by atoms with van der Waals surface area (Å²) in [6.07, 6.45) is 6.08. The van der Waals surface area contributed by atoms with Gasteiger partial charge in [-0.25, -0.2) is 0 Å². The second-order valence-electron chi connectivity index (χ2n) is 27.4. The van der Waals surface area contributed by atoms with Crippen LogP contribution in [0.2, 0.25) is 0 Å². The number of hydrogen-bond donors (Lipinski definition) is 0. The Morgan fingerprint density at radius 2 is 1.05 bits per heavy atom. The Morgan fingerprint density at radius 3 is 1.61 bits per heavy atom. The summed E-state index contributed by atoms with van der Waals surface area (Å²) in [6.45, 7) is 31.7. The molecule has 1 aromatic heterocycles. The molecule has 0 fully saturated rings. The lowest BCUT2D eigenvalue weighted by molar-refractivity contribution is 0.332. The molecule has 1 atom stereocenters. The average molecular weight is 1010 g/mol. The number of hydrogen-bond acceptors (Lipinski definition) is 4. The van der Waals surface area contributed by atoms with Crippen LogP contribution < -0.4 is 31.3 Å². The molecule has 76 heavy (non-hydrogen) atoms. The second-order valence-corrected chi connectivity index (χ2v) is 27.4. The molecule has 3 aliphatic carbocycles. The third-order valence-corrected chi connectivity index (χ3v) is 19.0. The fourth-order valence-corrected chi connectivity index (χ4v) is 14.0. The number of anilines is 9. The van der Waals surface area contributed by atoms with E-state index in [-0.39, 0.29) is 55.5 Å². The highest BCUT2D eigenvalue weighted by atomic mass is 16.3. The van der Waals surface area contributed by atoms with Gasteiger partial charge in [0.15, 0.2) is 0 Å². The van der Waals surface area contributed by atoms with E-state index < -0.39 is 67.1 Å². The van der Waals surface area contributed by atoms with E-state index in [9.17, 15) is 5.48 Å². The van der Waals surface area contributed by atoms with Gasteiger partial charge in [-0.05, 0) is 206 Å². The summed E-state index contributed by atoms with van der Waals surface area (Å²) in [5, 5.41) is 0.945. The zero-order valence-electron chi connectivity index (χ0n) is 57.2. The first-order valence-corrected chi connectivity index (χ1v) is 27.9. The third kappa shape index (κ3) is 7.44. The lowest BCUT2D eigenvalue weighted by Crippen LogP contribution is -2.61. The van der Waals surface area contributed by atoms with Crippen molar-refractivity contribution in [3.63, 3.8) is 0 Å². The maximum Gasteiger partial charge on any atom is 0.297 e. The number of rotatable bonds is 5. The zero-order chi connectivity index (χ0) is 61.9. The molecule has 0 saturated heterocycles. The van der Waals surface area contributed by atoms with E-state index in [1.54, 1.807) is 0 Å². The number of fused-ring (bicyclic) bond motifs is 9. The topological polar surface area (TPSA) is 22.9 Å². The summed E-state index contributed by atoms with van der Waals surface area (Å²) in [5.41, 5.74) is 15.6. The van der Waals surface area contributed by atoms with Crippen molar-refractivity contribution < 1.29 is 18.1 Å². The van der Waals surface area contributed by atoms with Crippen LogP contribution in [0.3, 0.4) is 0 Å². The number of benzene rings is 7. The van der Waals surface area contributed by atoms with E-state index >= 15 is 0 Å². The molecule has 5 aliphatic rings. The molecule has 0 N–H and O–H groups in total. The van der Waals surface area contributed by atoms with Crippen molar-refractivity contribution in [2.45, 2.75) is 174 Å². The minimum absolute atomic E-state index is 0.0930. The van der Waals surface area contributed by atoms with Crippen LogP contribution in [0, 0.1) is 0 Å². The van der Waals surface area contributed by atoms with E-state index in [1.165, 1.54) is 38.3 Å². The largest absolute Gasteiger partial charge is 0.468 e. The predicted octanol–water partition coefficient (Wildman–Crippen LogP) is 18.2. The Labute approximate surface area is 468 Å². The molecular weight excluding hydrogens is 922 g/mol. The van der Waals surface area contributed by atoms with Crippen molar-refractivity contribution in [1.29, 1.82) is 0 Å². The highest BCUT2D eigenvalue weighted by Crippen LogP contribution is 2.55. The highest BCUT2D eigenvalue weighted by molar-refractivity contribution is 7.00. The van der Waals surface area contributed by atoms with Gasteiger partial charge >= 0.3 is 0 Å². The van der Waals surface area contributed by atoms with Crippen molar-refractivity contribution in [3.8, 4) is 0 Å². The predicted molar refractivity (Wildman–Crippen MR) is 325 cm³/mol. The lowest BCUT2D eigenvalue weighted by atomic mass is 9.35. The number of nitrogens with zero attached hydrogens (tertiary/aromatic N) is 3. The Hall–Kier alpha value is -6.46. The molecule has 386 valence electrons. The zero-order valence-corrected chi connectivity index (χ0v) is 47.2. The van der Waals surface area contributed by atoms with Gasteiger partial charge in [0.05, 0.1) is 30.7 Å². The fraction of sp³-hybridized carbons (Fsp3) is 0.380. The third-order valence-electron chi connectivity index (χ3n) is 19.0. The quantitative estimate of drug-likeness (QED) is 0.160. The smallest absolute Gasteiger partial charge is 0.297 e. The van der Waals surface area contributed by atoms with Crippen LogP contribution in [-0.2, 0) is 32.5 Å². The van der Waals surface area contributed by atoms with Gasteiger partial charge in [0, 0.05) is 45.2 Å². The Bertz CT molecular complexity index is 4160. The summed E-state index contributed by atoms with van der Waals surface area (Å²) in [6, 6.07) is 23.0. The van der Waals surface area contributed by atoms with E-state index in [0.717, 1.165) is 94.4 Å². The minimum Gasteiger partial charge on any atom is -0.468 e. The van der Waals surface area contributed by atoms with Crippen LogP contribution >= 0.6 is 0 Å². The van der Waals surface area contributed by atoms with E-state index in [4.69, 9.17) is 12.6 Å². The van der Waals surface area contributed by atoms with Gasteiger partial charge in [0.1, 0.15) is 5.58 Å². The molecule has 7 aromatic carbocycles. The summed E-state index contributed by atoms with van der Waals surface area (Å²) in [5.74, 6) is 0.275. The van der Waals surface area contributed by atoms with Gasteiger partial charge < -0.3 is 19.1 Å². The normalized spacial score (nSPS) is 21.8. The Morgan fingerprint density at radius 1 is 0.539 bits per heavy atom. The molecule has 1 unspecified atom stereocenters. The molecule has 0 radical (unpaired) electrons. The molecule has 3 heterocycles. The van der Waals surface area contributed by atoms with Crippen LogP contribution in [-0.4, -0.2) is 6.71 Å². The molecule has 0 spiro atoms. The molecule has 0 bridgehead atoms. The van der Waals surface area contributed by atoms with Crippen molar-refractivity contribution in [3.05, 3.63) is 178 Å². The van der Waals surface area contributed by atoms with Gasteiger partial charge in [-0.15, -0.1) is 0 Å². The number of para-hydroxylation sites is 2.